The SMILES string of the molecule is CC#CCOc1ccc(S(=O)(=O)N(C)C(C(=O)NO)C2CCC(N(CC)CC)CC2)cc1. The first-order chi connectivity index (χ1) is 15.3. The molecule has 1 aliphatic rings. The zero-order valence-corrected chi connectivity index (χ0v) is 20.2. The molecule has 0 saturated heterocycles. The third-order valence-electron chi connectivity index (χ3n) is 6.28. The third kappa shape index (κ3) is 6.23. The van der Waals surface area contributed by atoms with Crippen LogP contribution in [0.1, 0.15) is 46.5 Å². The first kappa shape index (κ1) is 26.1. The number of hydrogen-bond donors (Lipinski definition) is 2. The van der Waals surface area contributed by atoms with Gasteiger partial charge in [-0.3, -0.25) is 10.0 Å². The Kier molecular flexibility index (Phi) is 9.97. The van der Waals surface area contributed by atoms with E-state index in [0.29, 0.717) is 24.6 Å². The summed E-state index contributed by atoms with van der Waals surface area (Å²) in [7, 11) is -2.56. The van der Waals surface area contributed by atoms with Gasteiger partial charge in [0.05, 0.1) is 4.90 Å². The molecule has 32 heavy (non-hydrogen) atoms. The van der Waals surface area contributed by atoms with Gasteiger partial charge >= 0.3 is 0 Å². The molecule has 1 atom stereocenters. The number of hydroxylamine groups is 1. The molecule has 9 heteroatoms. The van der Waals surface area contributed by atoms with E-state index in [-0.39, 0.29) is 17.4 Å². The van der Waals surface area contributed by atoms with Gasteiger partial charge < -0.3 is 9.64 Å². The topological polar surface area (TPSA) is 99.2 Å². The molecule has 1 saturated carbocycles. The van der Waals surface area contributed by atoms with E-state index in [1.54, 1.807) is 24.5 Å². The molecule has 1 aromatic rings. The van der Waals surface area contributed by atoms with Gasteiger partial charge in [0.1, 0.15) is 18.4 Å². The van der Waals surface area contributed by atoms with Crippen LogP contribution in [-0.4, -0.2) is 67.6 Å². The van der Waals surface area contributed by atoms with E-state index < -0.39 is 22.0 Å². The van der Waals surface area contributed by atoms with Crippen molar-refractivity contribution in [3.05, 3.63) is 24.3 Å². The van der Waals surface area contributed by atoms with E-state index in [0.717, 1.165) is 30.2 Å². The summed E-state index contributed by atoms with van der Waals surface area (Å²) in [5.41, 5.74) is 1.67. The summed E-state index contributed by atoms with van der Waals surface area (Å²) in [5.74, 6) is 5.13. The Hall–Kier alpha value is -2.12. The summed E-state index contributed by atoms with van der Waals surface area (Å²) >= 11 is 0. The van der Waals surface area contributed by atoms with Crippen LogP contribution in [0.2, 0.25) is 0 Å². The van der Waals surface area contributed by atoms with Crippen molar-refractivity contribution in [2.75, 3.05) is 26.7 Å². The highest BCUT2D eigenvalue weighted by atomic mass is 32.2. The number of hydrogen-bond acceptors (Lipinski definition) is 6. The minimum Gasteiger partial charge on any atom is -0.481 e. The maximum absolute atomic E-state index is 13.3. The molecule has 1 aliphatic carbocycles. The normalized spacial score (nSPS) is 19.8. The molecule has 1 fully saturated rings. The van der Waals surface area contributed by atoms with Gasteiger partial charge in [-0.1, -0.05) is 19.8 Å². The fourth-order valence-corrected chi connectivity index (χ4v) is 5.86. The highest BCUT2D eigenvalue weighted by molar-refractivity contribution is 7.89. The number of amides is 1. The lowest BCUT2D eigenvalue weighted by Gasteiger charge is -2.39. The lowest BCUT2D eigenvalue weighted by atomic mass is 9.80. The number of nitrogens with one attached hydrogen (secondary N) is 1. The van der Waals surface area contributed by atoms with Gasteiger partial charge in [-0.2, -0.15) is 4.31 Å². The van der Waals surface area contributed by atoms with Gasteiger partial charge in [0.25, 0.3) is 5.91 Å². The predicted molar refractivity (Wildman–Crippen MR) is 123 cm³/mol. The summed E-state index contributed by atoms with van der Waals surface area (Å²) in [6.45, 7) is 8.12. The van der Waals surface area contributed by atoms with Crippen LogP contribution in [0, 0.1) is 17.8 Å². The average Bonchev–Trinajstić information content (AvgIpc) is 2.81. The molecule has 1 aromatic carbocycles. The molecular weight excluding hydrogens is 430 g/mol. The molecular formula is C23H35N3O5S. The number of ether oxygens (including phenoxy) is 1. The smallest absolute Gasteiger partial charge is 0.262 e. The van der Waals surface area contributed by atoms with Crippen LogP contribution in [0.3, 0.4) is 0 Å². The van der Waals surface area contributed by atoms with Crippen molar-refractivity contribution in [2.24, 2.45) is 5.92 Å². The summed E-state index contributed by atoms with van der Waals surface area (Å²) in [6.07, 6.45) is 3.21. The molecule has 2 rings (SSSR count). The van der Waals surface area contributed by atoms with Crippen LogP contribution in [0.5, 0.6) is 5.75 Å². The predicted octanol–water partition coefficient (Wildman–Crippen LogP) is 2.48. The van der Waals surface area contributed by atoms with Gasteiger partial charge in [-0.05, 0) is 75.9 Å². The van der Waals surface area contributed by atoms with Crippen molar-refractivity contribution in [1.29, 1.82) is 0 Å². The van der Waals surface area contributed by atoms with Crippen LogP contribution < -0.4 is 10.2 Å². The zero-order chi connectivity index (χ0) is 23.7. The molecule has 0 spiro atoms. The lowest BCUT2D eigenvalue weighted by Crippen LogP contribution is -2.52. The fourth-order valence-electron chi connectivity index (χ4n) is 4.48. The highest BCUT2D eigenvalue weighted by Gasteiger charge is 2.40. The Bertz CT molecular complexity index is 896. The summed E-state index contributed by atoms with van der Waals surface area (Å²) in [4.78, 5) is 15.0. The molecule has 2 N–H and O–H groups in total. The van der Waals surface area contributed by atoms with Crippen LogP contribution in [-0.2, 0) is 14.8 Å². The number of carbonyl (C=O) groups excluding carboxylic acids is 1. The molecule has 1 unspecified atom stereocenters. The third-order valence-corrected chi connectivity index (χ3v) is 8.13. The highest BCUT2D eigenvalue weighted by Crippen LogP contribution is 2.33. The van der Waals surface area contributed by atoms with Crippen LogP contribution >= 0.6 is 0 Å². The van der Waals surface area contributed by atoms with E-state index in [1.807, 2.05) is 0 Å². The van der Waals surface area contributed by atoms with Crippen molar-refractivity contribution < 1.29 is 23.2 Å². The maximum atomic E-state index is 13.3. The van der Waals surface area contributed by atoms with Crippen LogP contribution in [0.15, 0.2) is 29.2 Å². The lowest BCUT2D eigenvalue weighted by molar-refractivity contribution is -0.135. The molecule has 0 heterocycles. The number of nitrogens with zero attached hydrogens (tertiary/aromatic N) is 2. The van der Waals surface area contributed by atoms with Crippen molar-refractivity contribution in [2.45, 2.75) is 63.4 Å². The molecule has 0 aromatic heterocycles. The Labute approximate surface area is 191 Å². The van der Waals surface area contributed by atoms with E-state index in [2.05, 4.69) is 30.6 Å². The van der Waals surface area contributed by atoms with E-state index in [4.69, 9.17) is 4.74 Å². The van der Waals surface area contributed by atoms with E-state index in [9.17, 15) is 18.4 Å². The second-order valence-electron chi connectivity index (χ2n) is 7.92. The van der Waals surface area contributed by atoms with Crippen molar-refractivity contribution in [3.63, 3.8) is 0 Å². The maximum Gasteiger partial charge on any atom is 0.262 e. The van der Waals surface area contributed by atoms with Gasteiger partial charge in [0, 0.05) is 13.1 Å². The van der Waals surface area contributed by atoms with Gasteiger partial charge in [0.2, 0.25) is 10.0 Å². The second kappa shape index (κ2) is 12.2. The van der Waals surface area contributed by atoms with Crippen molar-refractivity contribution in [3.8, 4) is 17.6 Å². The second-order valence-corrected chi connectivity index (χ2v) is 9.92. The van der Waals surface area contributed by atoms with Gasteiger partial charge in [-0.15, -0.1) is 5.92 Å². The molecule has 0 radical (unpaired) electrons. The number of rotatable bonds is 10. The van der Waals surface area contributed by atoms with Crippen molar-refractivity contribution >= 4 is 15.9 Å². The monoisotopic (exact) mass is 465 g/mol. The Morgan fingerprint density at radius 3 is 2.28 bits per heavy atom. The summed E-state index contributed by atoms with van der Waals surface area (Å²) < 4.78 is 33.1. The van der Waals surface area contributed by atoms with Crippen molar-refractivity contribution in [1.82, 2.24) is 14.7 Å². The number of carbonyl (C=O) groups is 1. The average molecular weight is 466 g/mol. The Balaban J connectivity index is 2.18. The summed E-state index contributed by atoms with van der Waals surface area (Å²) in [6, 6.07) is 5.48. The Morgan fingerprint density at radius 2 is 1.78 bits per heavy atom. The van der Waals surface area contributed by atoms with Crippen LogP contribution in [0.25, 0.3) is 0 Å². The summed E-state index contributed by atoms with van der Waals surface area (Å²) in [5, 5.41) is 9.32. The first-order valence-electron chi connectivity index (χ1n) is 11.1. The number of likely N-dealkylation sites (N-methyl/N-ethyl adjacent to an activating group) is 1. The quantitative estimate of drug-likeness (QED) is 0.313. The van der Waals surface area contributed by atoms with Gasteiger partial charge in [0.15, 0.2) is 0 Å². The molecule has 0 aliphatic heterocycles. The largest absolute Gasteiger partial charge is 0.481 e. The first-order valence-corrected chi connectivity index (χ1v) is 12.5. The Morgan fingerprint density at radius 1 is 1.19 bits per heavy atom. The molecule has 1 amide bonds. The van der Waals surface area contributed by atoms with E-state index in [1.165, 1.54) is 19.2 Å². The molecule has 8 nitrogen and oxygen atoms in total. The van der Waals surface area contributed by atoms with Gasteiger partial charge in [-0.25, -0.2) is 13.9 Å². The standard InChI is InChI=1S/C23H35N3O5S/c1-5-8-17-31-20-13-15-21(16-14-20)32(29,30)25(4)22(23(27)24-28)18-9-11-19(12-10-18)26(6-2)7-3/h13-16,18-19,22,28H,6-7,9-12,17H2,1-4H3,(H,24,27). The minimum atomic E-state index is -3.96. The minimum absolute atomic E-state index is 0.0569. The number of benzene rings is 1. The van der Waals surface area contributed by atoms with Crippen LogP contribution in [0.4, 0.5) is 0 Å². The number of sulfonamides is 1. The fraction of sp³-hybridized carbons (Fsp3) is 0.609. The van der Waals surface area contributed by atoms with E-state index >= 15 is 0 Å². The zero-order valence-electron chi connectivity index (χ0n) is 19.4. The molecule has 0 bridgehead atoms. The molecule has 178 valence electrons.